The monoisotopic (exact) mass is 312 g/mol. The third kappa shape index (κ3) is 6.28. The number of hydrogen-bond donors (Lipinski definition) is 1. The molecule has 6 heteroatoms. The van der Waals surface area contributed by atoms with Crippen LogP contribution in [0, 0.1) is 5.92 Å². The van der Waals surface area contributed by atoms with Gasteiger partial charge in [-0.3, -0.25) is 4.79 Å². The average Bonchev–Trinajstić information content (AvgIpc) is 2.45. The predicted molar refractivity (Wildman–Crippen MR) is 79.1 cm³/mol. The molecular formula is C16H24O6. The minimum absolute atomic E-state index is 0.0860. The maximum atomic E-state index is 12.1. The number of carbonyl (C=O) groups is 3. The molecule has 1 atom stereocenters. The second-order valence-electron chi connectivity index (χ2n) is 5.62. The van der Waals surface area contributed by atoms with Crippen molar-refractivity contribution in [1.29, 1.82) is 0 Å². The summed E-state index contributed by atoms with van der Waals surface area (Å²) in [7, 11) is 0. The van der Waals surface area contributed by atoms with E-state index >= 15 is 0 Å². The summed E-state index contributed by atoms with van der Waals surface area (Å²) in [4.78, 5) is 34.0. The zero-order valence-corrected chi connectivity index (χ0v) is 13.0. The largest absolute Gasteiger partial charge is 0.479 e. The Morgan fingerprint density at radius 1 is 1.14 bits per heavy atom. The van der Waals surface area contributed by atoms with Gasteiger partial charge in [-0.1, -0.05) is 25.8 Å². The Hall–Kier alpha value is -1.85. The van der Waals surface area contributed by atoms with Gasteiger partial charge in [-0.2, -0.15) is 0 Å². The van der Waals surface area contributed by atoms with Crippen LogP contribution in [-0.2, 0) is 23.9 Å². The van der Waals surface area contributed by atoms with Crippen LogP contribution in [0.2, 0.25) is 0 Å². The quantitative estimate of drug-likeness (QED) is 0.598. The molecule has 0 aliphatic heterocycles. The van der Waals surface area contributed by atoms with Crippen molar-refractivity contribution in [2.45, 2.75) is 58.0 Å². The summed E-state index contributed by atoms with van der Waals surface area (Å²) < 4.78 is 9.98. The third-order valence-electron chi connectivity index (χ3n) is 3.80. The number of carboxylic acids is 1. The van der Waals surface area contributed by atoms with E-state index in [4.69, 9.17) is 9.84 Å². The number of rotatable bonds is 6. The van der Waals surface area contributed by atoms with Crippen LogP contribution < -0.4 is 0 Å². The third-order valence-corrected chi connectivity index (χ3v) is 3.80. The SMILES string of the molecule is C=C(C(=O)OCC(=O)O)C(C)C(=O)OC1CCCCCCC1. The zero-order chi connectivity index (χ0) is 16.5. The molecule has 1 rings (SSSR count). The molecule has 0 heterocycles. The van der Waals surface area contributed by atoms with Crippen LogP contribution in [0.3, 0.4) is 0 Å². The van der Waals surface area contributed by atoms with Gasteiger partial charge in [-0.15, -0.1) is 0 Å². The lowest BCUT2D eigenvalue weighted by atomic mass is 9.98. The van der Waals surface area contributed by atoms with Crippen LogP contribution in [0.1, 0.15) is 51.9 Å². The van der Waals surface area contributed by atoms with E-state index in [9.17, 15) is 14.4 Å². The molecule has 0 radical (unpaired) electrons. The van der Waals surface area contributed by atoms with Crippen molar-refractivity contribution in [3.8, 4) is 0 Å². The number of hydrogen-bond acceptors (Lipinski definition) is 5. The number of aliphatic carboxylic acids is 1. The molecule has 0 bridgehead atoms. The Balaban J connectivity index is 2.46. The molecule has 0 spiro atoms. The summed E-state index contributed by atoms with van der Waals surface area (Å²) in [6.45, 7) is 4.27. The Bertz CT molecular complexity index is 420. The lowest BCUT2D eigenvalue weighted by Gasteiger charge is -2.22. The first-order chi connectivity index (χ1) is 10.4. The Morgan fingerprint density at radius 3 is 2.23 bits per heavy atom. The smallest absolute Gasteiger partial charge is 0.341 e. The zero-order valence-electron chi connectivity index (χ0n) is 13.0. The fourth-order valence-electron chi connectivity index (χ4n) is 2.34. The molecule has 1 aliphatic rings. The molecule has 124 valence electrons. The minimum atomic E-state index is -1.26. The highest BCUT2D eigenvalue weighted by atomic mass is 16.6. The van der Waals surface area contributed by atoms with Crippen LogP contribution in [-0.4, -0.2) is 35.7 Å². The molecule has 1 unspecified atom stereocenters. The van der Waals surface area contributed by atoms with Crippen LogP contribution in [0.25, 0.3) is 0 Å². The van der Waals surface area contributed by atoms with Gasteiger partial charge in [0, 0.05) is 5.57 Å². The molecule has 0 amide bonds. The van der Waals surface area contributed by atoms with Crippen molar-refractivity contribution in [1.82, 2.24) is 0 Å². The van der Waals surface area contributed by atoms with E-state index in [2.05, 4.69) is 11.3 Å². The van der Waals surface area contributed by atoms with Gasteiger partial charge >= 0.3 is 17.9 Å². The number of ether oxygens (including phenoxy) is 2. The lowest BCUT2D eigenvalue weighted by Crippen LogP contribution is -2.27. The highest BCUT2D eigenvalue weighted by Crippen LogP contribution is 2.22. The van der Waals surface area contributed by atoms with Crippen LogP contribution in [0.15, 0.2) is 12.2 Å². The molecule has 0 saturated heterocycles. The number of carbonyl (C=O) groups excluding carboxylic acids is 2. The predicted octanol–water partition coefficient (Wildman–Crippen LogP) is 2.46. The summed E-state index contributed by atoms with van der Waals surface area (Å²) in [6.07, 6.45) is 7.17. The average molecular weight is 312 g/mol. The van der Waals surface area contributed by atoms with Crippen molar-refractivity contribution in [3.63, 3.8) is 0 Å². The lowest BCUT2D eigenvalue weighted by molar-refractivity contribution is -0.157. The summed E-state index contributed by atoms with van der Waals surface area (Å²) in [5.74, 6) is -3.50. The molecule has 0 aromatic rings. The van der Waals surface area contributed by atoms with Gasteiger partial charge in [0.25, 0.3) is 0 Å². The van der Waals surface area contributed by atoms with Crippen molar-refractivity contribution < 1.29 is 29.0 Å². The molecule has 0 aromatic carbocycles. The van der Waals surface area contributed by atoms with Gasteiger partial charge < -0.3 is 14.6 Å². The van der Waals surface area contributed by atoms with Crippen molar-refractivity contribution in [3.05, 3.63) is 12.2 Å². The molecule has 1 fully saturated rings. The first-order valence-electron chi connectivity index (χ1n) is 7.70. The molecule has 1 N–H and O–H groups in total. The van der Waals surface area contributed by atoms with Gasteiger partial charge in [0.1, 0.15) is 6.10 Å². The van der Waals surface area contributed by atoms with Gasteiger partial charge in [-0.05, 0) is 32.6 Å². The summed E-state index contributed by atoms with van der Waals surface area (Å²) >= 11 is 0. The highest BCUT2D eigenvalue weighted by molar-refractivity contribution is 5.95. The Labute approximate surface area is 130 Å². The second-order valence-corrected chi connectivity index (χ2v) is 5.62. The fourth-order valence-corrected chi connectivity index (χ4v) is 2.34. The normalized spacial score (nSPS) is 17.7. The molecule has 6 nitrogen and oxygen atoms in total. The van der Waals surface area contributed by atoms with Gasteiger partial charge in [0.05, 0.1) is 5.92 Å². The Kier molecular flexibility index (Phi) is 7.63. The van der Waals surface area contributed by atoms with E-state index in [0.29, 0.717) is 0 Å². The van der Waals surface area contributed by atoms with E-state index in [1.54, 1.807) is 0 Å². The van der Waals surface area contributed by atoms with E-state index in [1.807, 2.05) is 0 Å². The molecule has 1 saturated carbocycles. The summed E-state index contributed by atoms with van der Waals surface area (Å²) in [6, 6.07) is 0. The molecule has 0 aromatic heterocycles. The molecular weight excluding hydrogens is 288 g/mol. The van der Waals surface area contributed by atoms with Gasteiger partial charge in [0.2, 0.25) is 0 Å². The standard InChI is InChI=1S/C16H24O6/c1-11(15(19)21-10-14(17)18)12(2)16(20)22-13-8-6-4-3-5-7-9-13/h12-13H,1,3-10H2,2H3,(H,17,18). The van der Waals surface area contributed by atoms with Crippen molar-refractivity contribution in [2.75, 3.05) is 6.61 Å². The van der Waals surface area contributed by atoms with E-state index < -0.39 is 30.4 Å². The minimum Gasteiger partial charge on any atom is -0.479 e. The van der Waals surface area contributed by atoms with E-state index in [0.717, 1.165) is 38.5 Å². The van der Waals surface area contributed by atoms with E-state index in [-0.39, 0.29) is 11.7 Å². The second kappa shape index (κ2) is 9.23. The van der Waals surface area contributed by atoms with E-state index in [1.165, 1.54) is 13.3 Å². The maximum Gasteiger partial charge on any atom is 0.341 e. The molecule has 1 aliphatic carbocycles. The first kappa shape index (κ1) is 18.2. The Morgan fingerprint density at radius 2 is 1.68 bits per heavy atom. The highest BCUT2D eigenvalue weighted by Gasteiger charge is 2.27. The summed E-state index contributed by atoms with van der Waals surface area (Å²) in [5, 5.41) is 8.46. The topological polar surface area (TPSA) is 89.9 Å². The molecule has 22 heavy (non-hydrogen) atoms. The van der Waals surface area contributed by atoms with Gasteiger partial charge in [-0.25, -0.2) is 9.59 Å². The fraction of sp³-hybridized carbons (Fsp3) is 0.688. The van der Waals surface area contributed by atoms with Crippen LogP contribution in [0.4, 0.5) is 0 Å². The van der Waals surface area contributed by atoms with Crippen molar-refractivity contribution in [2.24, 2.45) is 5.92 Å². The van der Waals surface area contributed by atoms with Crippen LogP contribution in [0.5, 0.6) is 0 Å². The first-order valence-corrected chi connectivity index (χ1v) is 7.70. The summed E-state index contributed by atoms with van der Waals surface area (Å²) in [5.41, 5.74) is -0.0860. The number of esters is 2. The van der Waals surface area contributed by atoms with Crippen molar-refractivity contribution >= 4 is 17.9 Å². The maximum absolute atomic E-state index is 12.1. The van der Waals surface area contributed by atoms with Gasteiger partial charge in [0.15, 0.2) is 6.61 Å². The number of carboxylic acid groups (broad SMARTS) is 1. The van der Waals surface area contributed by atoms with Crippen LogP contribution >= 0.6 is 0 Å².